The minimum absolute atomic E-state index is 0.153. The van der Waals surface area contributed by atoms with Gasteiger partial charge in [0.2, 0.25) is 5.91 Å². The summed E-state index contributed by atoms with van der Waals surface area (Å²) < 4.78 is 29.1. The van der Waals surface area contributed by atoms with Crippen LogP contribution in [-0.4, -0.2) is 31.1 Å². The molecule has 2 aliphatic carbocycles. The smallest absolute Gasteiger partial charge is 0.217 e. The highest BCUT2D eigenvalue weighted by molar-refractivity contribution is 5.73. The van der Waals surface area contributed by atoms with Gasteiger partial charge in [-0.2, -0.15) is 5.10 Å². The number of fused-ring (bicyclic) bond motifs is 5. The Kier molecular flexibility index (Phi) is 5.55. The highest BCUT2D eigenvalue weighted by Gasteiger charge is 2.65. The lowest BCUT2D eigenvalue weighted by Gasteiger charge is -2.37. The van der Waals surface area contributed by atoms with Gasteiger partial charge in [-0.25, -0.2) is 18.7 Å². The highest BCUT2D eigenvalue weighted by atomic mass is 19.1. The molecule has 2 N–H and O–H groups in total. The molecule has 38 heavy (non-hydrogen) atoms. The van der Waals surface area contributed by atoms with Crippen LogP contribution in [0.4, 0.5) is 8.78 Å². The number of halogens is 2. The average Bonchev–Trinajstić information content (AvgIpc) is 3.28. The molecule has 2 aliphatic rings. The van der Waals surface area contributed by atoms with E-state index >= 15 is 0 Å². The van der Waals surface area contributed by atoms with Gasteiger partial charge in [0.15, 0.2) is 0 Å². The maximum atomic E-state index is 14.5. The molecule has 0 saturated heterocycles. The molecule has 3 aromatic heterocycles. The van der Waals surface area contributed by atoms with Crippen LogP contribution in [0.5, 0.6) is 0 Å². The topological polar surface area (TPSA) is 108 Å². The molecule has 1 fully saturated rings. The van der Waals surface area contributed by atoms with E-state index < -0.39 is 23.0 Å². The van der Waals surface area contributed by atoms with Gasteiger partial charge in [-0.1, -0.05) is 26.0 Å². The number of hydrogen-bond donors (Lipinski definition) is 1. The van der Waals surface area contributed by atoms with Crippen molar-refractivity contribution >= 4 is 5.91 Å². The molecule has 1 aromatic carbocycles. The molecule has 4 aromatic rings. The predicted octanol–water partition coefficient (Wildman–Crippen LogP) is 4.90. The summed E-state index contributed by atoms with van der Waals surface area (Å²) in [5.41, 5.74) is 8.69. The summed E-state index contributed by atoms with van der Waals surface area (Å²) in [6.07, 6.45) is 5.74. The van der Waals surface area contributed by atoms with Crippen LogP contribution >= 0.6 is 0 Å². The lowest BCUT2D eigenvalue weighted by atomic mass is 9.66. The first-order valence-corrected chi connectivity index (χ1v) is 12.6. The number of benzene rings is 1. The van der Waals surface area contributed by atoms with Crippen molar-refractivity contribution in [2.45, 2.75) is 50.9 Å². The molecular weight excluding hydrogens is 486 g/mol. The van der Waals surface area contributed by atoms with Crippen molar-refractivity contribution in [1.82, 2.24) is 25.1 Å². The Balaban J connectivity index is 1.41. The van der Waals surface area contributed by atoms with Gasteiger partial charge in [0.05, 0.1) is 33.8 Å². The number of nitrogens with zero attached hydrogens (tertiary/aromatic N) is 5. The summed E-state index contributed by atoms with van der Waals surface area (Å²) in [6, 6.07) is 11.5. The molecule has 192 valence electrons. The summed E-state index contributed by atoms with van der Waals surface area (Å²) in [6.45, 7) is 4.42. The normalized spacial score (nSPS) is 20.9. The second-order valence-corrected chi connectivity index (χ2v) is 10.6. The van der Waals surface area contributed by atoms with E-state index in [9.17, 15) is 13.6 Å². The van der Waals surface area contributed by atoms with Crippen LogP contribution in [0, 0.1) is 17.0 Å². The Morgan fingerprint density at radius 1 is 1.03 bits per heavy atom. The van der Waals surface area contributed by atoms with Crippen molar-refractivity contribution in [2.75, 3.05) is 0 Å². The fourth-order valence-corrected chi connectivity index (χ4v) is 6.44. The summed E-state index contributed by atoms with van der Waals surface area (Å²) in [7, 11) is 0. The predicted molar refractivity (Wildman–Crippen MR) is 137 cm³/mol. The SMILES string of the molecule is CC1(C)[C@H]2CC[C@]1(c1cccc(-c3cnc(CCC(N)=O)nc3)n1)c1nnc(-c3c(F)cccc3F)cc12. The first-order chi connectivity index (χ1) is 18.2. The van der Waals surface area contributed by atoms with Gasteiger partial charge in [0.1, 0.15) is 17.5 Å². The number of carbonyl (C=O) groups is 1. The number of carbonyl (C=O) groups excluding carboxylic acids is 1. The van der Waals surface area contributed by atoms with E-state index in [0.29, 0.717) is 12.2 Å². The summed E-state index contributed by atoms with van der Waals surface area (Å²) >= 11 is 0. The molecule has 6 rings (SSSR count). The third-order valence-corrected chi connectivity index (χ3v) is 8.38. The zero-order valence-electron chi connectivity index (χ0n) is 21.1. The number of aryl methyl sites for hydroxylation is 1. The molecular formula is C29H26F2N6O. The third-order valence-electron chi connectivity index (χ3n) is 8.38. The van der Waals surface area contributed by atoms with Crippen LogP contribution in [0.3, 0.4) is 0 Å². The van der Waals surface area contributed by atoms with Crippen LogP contribution in [0.25, 0.3) is 22.5 Å². The molecule has 9 heteroatoms. The second kappa shape index (κ2) is 8.72. The fourth-order valence-electron chi connectivity index (χ4n) is 6.44. The number of primary amides is 1. The summed E-state index contributed by atoms with van der Waals surface area (Å²) in [4.78, 5) is 24.9. The largest absolute Gasteiger partial charge is 0.370 e. The summed E-state index contributed by atoms with van der Waals surface area (Å²) in [5.74, 6) is -1.01. The van der Waals surface area contributed by atoms with Gasteiger partial charge in [-0.15, -0.1) is 5.10 Å². The van der Waals surface area contributed by atoms with E-state index in [4.69, 9.17) is 10.7 Å². The minimum atomic E-state index is -0.659. The molecule has 0 unspecified atom stereocenters. The van der Waals surface area contributed by atoms with E-state index in [0.717, 1.165) is 41.1 Å². The van der Waals surface area contributed by atoms with Gasteiger partial charge in [0, 0.05) is 30.8 Å². The van der Waals surface area contributed by atoms with E-state index in [-0.39, 0.29) is 29.0 Å². The van der Waals surface area contributed by atoms with Crippen molar-refractivity contribution in [3.63, 3.8) is 0 Å². The van der Waals surface area contributed by atoms with E-state index in [1.165, 1.54) is 18.2 Å². The Hall–Kier alpha value is -4.14. The van der Waals surface area contributed by atoms with E-state index in [2.05, 4.69) is 34.0 Å². The molecule has 2 atom stereocenters. The number of amides is 1. The van der Waals surface area contributed by atoms with Crippen LogP contribution < -0.4 is 5.73 Å². The average molecular weight is 513 g/mol. The van der Waals surface area contributed by atoms with Crippen LogP contribution in [0.1, 0.15) is 61.8 Å². The van der Waals surface area contributed by atoms with Gasteiger partial charge < -0.3 is 5.73 Å². The van der Waals surface area contributed by atoms with Crippen LogP contribution in [-0.2, 0) is 16.6 Å². The van der Waals surface area contributed by atoms with Crippen molar-refractivity contribution in [3.8, 4) is 22.5 Å². The van der Waals surface area contributed by atoms with Crippen LogP contribution in [0.15, 0.2) is 54.9 Å². The van der Waals surface area contributed by atoms with Crippen molar-refractivity contribution in [3.05, 3.63) is 89.3 Å². The Morgan fingerprint density at radius 3 is 2.45 bits per heavy atom. The van der Waals surface area contributed by atoms with Crippen molar-refractivity contribution < 1.29 is 13.6 Å². The number of pyridine rings is 1. The molecule has 0 aliphatic heterocycles. The number of aromatic nitrogens is 5. The molecule has 1 saturated carbocycles. The third kappa shape index (κ3) is 3.52. The highest BCUT2D eigenvalue weighted by Crippen LogP contribution is 2.69. The number of nitrogens with two attached hydrogens (primary N) is 1. The Morgan fingerprint density at radius 2 is 1.74 bits per heavy atom. The quantitative estimate of drug-likeness (QED) is 0.394. The van der Waals surface area contributed by atoms with Gasteiger partial charge >= 0.3 is 0 Å². The monoisotopic (exact) mass is 512 g/mol. The van der Waals surface area contributed by atoms with Crippen molar-refractivity contribution in [2.24, 2.45) is 11.1 Å². The number of hydrogen-bond acceptors (Lipinski definition) is 6. The standard InChI is InChI=1S/C29H26F2N6O/c1-28(2)18-11-12-29(28,27-17(18)13-22(36-37-27)26-19(30)5-3-6-20(26)31)23-8-4-7-21(35-23)16-14-33-25(34-15-16)10-9-24(32)38/h3-8,13-15,18H,9-12H2,1-2H3,(H2,32,38)/t18-,29-/m0/s1. The Labute approximate surface area is 218 Å². The Bertz CT molecular complexity index is 1550. The van der Waals surface area contributed by atoms with Gasteiger partial charge in [0.25, 0.3) is 0 Å². The maximum Gasteiger partial charge on any atom is 0.217 e. The van der Waals surface area contributed by atoms with E-state index in [1.54, 1.807) is 18.5 Å². The second-order valence-electron chi connectivity index (χ2n) is 10.6. The summed E-state index contributed by atoms with van der Waals surface area (Å²) in [5, 5.41) is 8.91. The zero-order valence-corrected chi connectivity index (χ0v) is 21.1. The lowest BCUT2D eigenvalue weighted by Crippen LogP contribution is -2.37. The molecule has 0 spiro atoms. The molecule has 3 heterocycles. The first kappa shape index (κ1) is 24.2. The first-order valence-electron chi connectivity index (χ1n) is 12.6. The maximum absolute atomic E-state index is 14.5. The number of rotatable bonds is 6. The lowest BCUT2D eigenvalue weighted by molar-refractivity contribution is -0.118. The molecule has 0 radical (unpaired) electrons. The van der Waals surface area contributed by atoms with Gasteiger partial charge in [-0.05, 0) is 60.1 Å². The molecule has 2 bridgehead atoms. The van der Waals surface area contributed by atoms with Gasteiger partial charge in [-0.3, -0.25) is 9.78 Å². The molecule has 1 amide bonds. The van der Waals surface area contributed by atoms with Crippen molar-refractivity contribution in [1.29, 1.82) is 0 Å². The minimum Gasteiger partial charge on any atom is -0.370 e. The zero-order chi connectivity index (χ0) is 26.7. The van der Waals surface area contributed by atoms with Crippen LogP contribution in [0.2, 0.25) is 0 Å². The molecule has 7 nitrogen and oxygen atoms in total. The fraction of sp³-hybridized carbons (Fsp3) is 0.310. The van der Waals surface area contributed by atoms with E-state index in [1.807, 2.05) is 18.2 Å².